The summed E-state index contributed by atoms with van der Waals surface area (Å²) >= 11 is 0. The molecule has 1 heterocycles. The predicted molar refractivity (Wildman–Crippen MR) is 208 cm³/mol. The molecule has 1 fully saturated rings. The maximum atomic E-state index is 13.9. The highest BCUT2D eigenvalue weighted by molar-refractivity contribution is 5.98. The fraction of sp³-hybridized carbons (Fsp3) is 0.568. The number of nitrogens with two attached hydrogens (primary N) is 1. The molecule has 0 saturated carbocycles. The van der Waals surface area contributed by atoms with Gasteiger partial charge in [0.2, 0.25) is 41.4 Å². The second-order valence-electron chi connectivity index (χ2n) is 14.4. The third-order valence-corrected chi connectivity index (χ3v) is 9.72. The average Bonchev–Trinajstić information content (AvgIpc) is 3.69. The summed E-state index contributed by atoms with van der Waals surface area (Å²) in [5, 5.41) is 69.8. The van der Waals surface area contributed by atoms with Crippen molar-refractivity contribution in [1.29, 1.82) is 0 Å². The lowest BCUT2D eigenvalue weighted by atomic mass is 9.98. The minimum atomic E-state index is -1.99. The Balaban J connectivity index is 2.15. The van der Waals surface area contributed by atoms with Gasteiger partial charge in [0, 0.05) is 13.0 Å². The highest BCUT2D eigenvalue weighted by Gasteiger charge is 2.39. The van der Waals surface area contributed by atoms with E-state index in [2.05, 4.69) is 16.0 Å². The molecule has 1 aliphatic rings. The molecule has 2 rings (SSSR count). The van der Waals surface area contributed by atoms with Gasteiger partial charge in [-0.25, -0.2) is 4.79 Å². The van der Waals surface area contributed by atoms with Crippen molar-refractivity contribution in [3.05, 3.63) is 29.8 Å². The van der Waals surface area contributed by atoms with Gasteiger partial charge >= 0.3 is 17.9 Å². The number of nitrogens with zero attached hydrogens (tertiary/aromatic N) is 1. The molecule has 14 N–H and O–H groups in total. The Morgan fingerprint density at radius 3 is 1.82 bits per heavy atom. The van der Waals surface area contributed by atoms with Gasteiger partial charge in [0.15, 0.2) is 6.04 Å². The Hall–Kier alpha value is -6.40. The van der Waals surface area contributed by atoms with Crippen LogP contribution >= 0.6 is 0 Å². The number of carboxylic acids is 3. The molecule has 0 spiro atoms. The average molecular weight is 867 g/mol. The minimum Gasteiger partial charge on any atom is -0.508 e. The number of phenols is 1. The lowest BCUT2D eigenvalue weighted by Gasteiger charge is -2.30. The van der Waals surface area contributed by atoms with Crippen molar-refractivity contribution in [1.82, 2.24) is 36.8 Å². The number of nitrogens with one attached hydrogen (secondary N) is 6. The predicted octanol–water partition coefficient (Wildman–Crippen LogP) is -4.75. The van der Waals surface area contributed by atoms with Crippen LogP contribution in [0.5, 0.6) is 5.75 Å². The summed E-state index contributed by atoms with van der Waals surface area (Å²) in [7, 11) is 0. The number of benzene rings is 1. The van der Waals surface area contributed by atoms with E-state index in [-0.39, 0.29) is 31.1 Å². The molecule has 0 aromatic heterocycles. The Bertz CT molecular complexity index is 1780. The van der Waals surface area contributed by atoms with Crippen molar-refractivity contribution >= 4 is 59.3 Å². The van der Waals surface area contributed by atoms with Gasteiger partial charge in [-0.2, -0.15) is 0 Å². The van der Waals surface area contributed by atoms with Gasteiger partial charge in [-0.3, -0.25) is 43.2 Å². The van der Waals surface area contributed by atoms with Gasteiger partial charge in [-0.15, -0.1) is 0 Å². The van der Waals surface area contributed by atoms with Gasteiger partial charge in [-0.05, 0) is 43.4 Å². The van der Waals surface area contributed by atoms with Gasteiger partial charge in [0.1, 0.15) is 36.0 Å². The first-order valence-electron chi connectivity index (χ1n) is 19.2. The molecule has 0 bridgehead atoms. The molecule has 1 aliphatic heterocycles. The first-order valence-corrected chi connectivity index (χ1v) is 19.2. The van der Waals surface area contributed by atoms with Crippen LogP contribution in [0.1, 0.15) is 58.4 Å². The molecule has 7 amide bonds. The number of aromatic hydroxyl groups is 1. The summed E-state index contributed by atoms with van der Waals surface area (Å²) in [6, 6.07) is -5.13. The molecule has 1 aromatic carbocycles. The number of amides is 7. The third-order valence-electron chi connectivity index (χ3n) is 9.72. The van der Waals surface area contributed by atoms with E-state index in [0.29, 0.717) is 18.4 Å². The van der Waals surface area contributed by atoms with Crippen LogP contribution in [0.25, 0.3) is 0 Å². The molecule has 61 heavy (non-hydrogen) atoms. The van der Waals surface area contributed by atoms with E-state index in [1.165, 1.54) is 17.0 Å². The van der Waals surface area contributed by atoms with Gasteiger partial charge in [0.25, 0.3) is 0 Å². The molecule has 338 valence electrons. The van der Waals surface area contributed by atoms with Crippen LogP contribution in [0.3, 0.4) is 0 Å². The molecule has 9 atom stereocenters. The number of carboxylic acid groups (broad SMARTS) is 3. The quantitative estimate of drug-likeness (QED) is 0.0464. The van der Waals surface area contributed by atoms with E-state index in [1.54, 1.807) is 19.1 Å². The first-order chi connectivity index (χ1) is 28.6. The highest BCUT2D eigenvalue weighted by Crippen LogP contribution is 2.21. The van der Waals surface area contributed by atoms with Crippen LogP contribution in [0.2, 0.25) is 0 Å². The molecule has 1 saturated heterocycles. The van der Waals surface area contributed by atoms with Crippen LogP contribution in [-0.4, -0.2) is 163 Å². The number of rotatable bonds is 24. The van der Waals surface area contributed by atoms with Crippen molar-refractivity contribution in [2.45, 2.75) is 108 Å². The fourth-order valence-corrected chi connectivity index (χ4v) is 6.03. The highest BCUT2D eigenvalue weighted by atomic mass is 16.4. The van der Waals surface area contributed by atoms with Crippen molar-refractivity contribution in [3.63, 3.8) is 0 Å². The summed E-state index contributed by atoms with van der Waals surface area (Å²) in [6.07, 6.45) is -2.75. The van der Waals surface area contributed by atoms with Crippen molar-refractivity contribution in [2.24, 2.45) is 11.7 Å². The second kappa shape index (κ2) is 24.0. The van der Waals surface area contributed by atoms with Gasteiger partial charge in [0.05, 0.1) is 38.1 Å². The normalized spacial score (nSPS) is 17.4. The summed E-state index contributed by atoms with van der Waals surface area (Å²) in [6.45, 7) is 2.70. The zero-order chi connectivity index (χ0) is 46.1. The Kier molecular flexibility index (Phi) is 20.0. The van der Waals surface area contributed by atoms with E-state index in [4.69, 9.17) is 5.73 Å². The van der Waals surface area contributed by atoms with Crippen LogP contribution in [0.15, 0.2) is 24.3 Å². The SMILES string of the molecule is CC[C@H](C)[C@H](N)C(=O)N[C@@H](Cc1ccc(O)cc1)C(=O)N1CCC[C@H]1C(=O)NCC(=O)N[C@@H](CC(=O)O)C(=O)N[C@@H](CO)C(=O)N[C@@H](CC(=O)O)C(=O)N[C@H](C(=O)O)[C@@H](C)O. The van der Waals surface area contributed by atoms with Crippen LogP contribution in [-0.2, 0) is 54.4 Å². The van der Waals surface area contributed by atoms with E-state index < -0.39 is 134 Å². The lowest BCUT2D eigenvalue weighted by Crippen LogP contribution is -2.60. The number of phenolic OH excluding ortho intramolecular Hbond substituents is 1. The summed E-state index contributed by atoms with van der Waals surface area (Å²) in [5.41, 5.74) is 6.69. The number of carbonyl (C=O) groups excluding carboxylic acids is 7. The van der Waals surface area contributed by atoms with E-state index in [1.807, 2.05) is 22.9 Å². The number of likely N-dealkylation sites (tertiary alicyclic amines) is 1. The Morgan fingerprint density at radius 2 is 1.30 bits per heavy atom. The van der Waals surface area contributed by atoms with E-state index in [9.17, 15) is 78.6 Å². The van der Waals surface area contributed by atoms with Crippen LogP contribution in [0.4, 0.5) is 0 Å². The van der Waals surface area contributed by atoms with Gasteiger partial charge < -0.3 is 73.2 Å². The van der Waals surface area contributed by atoms with Crippen LogP contribution < -0.4 is 37.6 Å². The third kappa shape index (κ3) is 15.9. The fourth-order valence-electron chi connectivity index (χ4n) is 6.03. The summed E-state index contributed by atoms with van der Waals surface area (Å²) < 4.78 is 0. The lowest BCUT2D eigenvalue weighted by molar-refractivity contribution is -0.146. The smallest absolute Gasteiger partial charge is 0.328 e. The van der Waals surface area contributed by atoms with Crippen LogP contribution in [0, 0.1) is 5.92 Å². The molecule has 0 radical (unpaired) electrons. The number of hydrogen-bond donors (Lipinski definition) is 13. The first kappa shape index (κ1) is 50.7. The van der Waals surface area contributed by atoms with Crippen molar-refractivity contribution in [2.75, 3.05) is 19.7 Å². The standard InChI is InChI=1S/C37H54N8O16/c1-4-17(2)29(38)35(58)42-23(12-19-7-9-20(48)10-8-19)36(59)45-11-5-6-25(45)34(57)39-15-26(49)40-21(13-27(50)51)31(54)43-24(16-46)33(56)41-22(14-28(52)53)32(55)44-30(18(3)47)37(60)61/h7-10,17-18,21-25,29-30,46-48H,4-6,11-16,38H2,1-3H3,(H,39,57)(H,40,49)(H,41,56)(H,42,58)(H,43,54)(H,44,55)(H,50,51)(H,52,53)(H,60,61)/t17-,18+,21-,22-,23-,24-,25-,29-,30-/m0/s1. The zero-order valence-electron chi connectivity index (χ0n) is 33.7. The number of carbonyl (C=O) groups is 10. The monoisotopic (exact) mass is 866 g/mol. The molecule has 0 unspecified atom stereocenters. The summed E-state index contributed by atoms with van der Waals surface area (Å²) in [4.78, 5) is 128. The Morgan fingerprint density at radius 1 is 0.770 bits per heavy atom. The number of hydrogen-bond acceptors (Lipinski definition) is 14. The maximum absolute atomic E-state index is 13.9. The van der Waals surface area contributed by atoms with Crippen molar-refractivity contribution in [3.8, 4) is 5.75 Å². The summed E-state index contributed by atoms with van der Waals surface area (Å²) in [5.74, 6) is -12.4. The molecular weight excluding hydrogens is 812 g/mol. The number of aliphatic hydroxyl groups excluding tert-OH is 2. The Labute approximate surface area is 349 Å². The molecule has 1 aromatic rings. The number of aliphatic carboxylic acids is 3. The molecular formula is C37H54N8O16. The topological polar surface area (TPSA) is 394 Å². The largest absolute Gasteiger partial charge is 0.508 e. The second-order valence-corrected chi connectivity index (χ2v) is 14.4. The van der Waals surface area contributed by atoms with E-state index in [0.717, 1.165) is 6.92 Å². The van der Waals surface area contributed by atoms with E-state index >= 15 is 0 Å². The molecule has 24 heteroatoms. The minimum absolute atomic E-state index is 0.0212. The van der Waals surface area contributed by atoms with Crippen molar-refractivity contribution < 1.29 is 78.6 Å². The molecule has 0 aliphatic carbocycles. The molecule has 24 nitrogen and oxygen atoms in total. The maximum Gasteiger partial charge on any atom is 0.328 e. The van der Waals surface area contributed by atoms with Gasteiger partial charge in [-0.1, -0.05) is 32.4 Å². The zero-order valence-corrected chi connectivity index (χ0v) is 33.7. The number of aliphatic hydroxyl groups is 2.